The summed E-state index contributed by atoms with van der Waals surface area (Å²) in [4.78, 5) is 24.1. The Bertz CT molecular complexity index is 631. The molecule has 0 bridgehead atoms. The van der Waals surface area contributed by atoms with Gasteiger partial charge in [-0.25, -0.2) is 0 Å². The fourth-order valence-electron chi connectivity index (χ4n) is 2.26. The van der Waals surface area contributed by atoms with E-state index in [0.29, 0.717) is 17.7 Å². The maximum absolute atomic E-state index is 12.1. The lowest BCUT2D eigenvalue weighted by molar-refractivity contribution is -0.157. The topological polar surface area (TPSA) is 79.2 Å². The Balaban J connectivity index is 1.93. The summed E-state index contributed by atoms with van der Waals surface area (Å²) < 4.78 is 5.23. The maximum atomic E-state index is 12.1. The number of benzene rings is 1. The fraction of sp³-hybridized carbons (Fsp3) is 0.353. The van der Waals surface area contributed by atoms with Gasteiger partial charge < -0.3 is 10.1 Å². The van der Waals surface area contributed by atoms with Gasteiger partial charge in [0.2, 0.25) is 0 Å². The van der Waals surface area contributed by atoms with Crippen LogP contribution < -0.4 is 5.32 Å². The smallest absolute Gasteiger partial charge is 0.310 e. The number of nitrogens with zero attached hydrogens (tertiary/aromatic N) is 1. The molecule has 1 aromatic carbocycles. The highest BCUT2D eigenvalue weighted by molar-refractivity contribution is 5.96. The van der Waals surface area contributed by atoms with E-state index in [2.05, 4.69) is 5.32 Å². The molecule has 5 nitrogen and oxygen atoms in total. The van der Waals surface area contributed by atoms with Crippen molar-refractivity contribution in [2.24, 2.45) is 5.92 Å². The molecule has 2 atom stereocenters. The van der Waals surface area contributed by atoms with Gasteiger partial charge >= 0.3 is 5.97 Å². The van der Waals surface area contributed by atoms with Crippen LogP contribution in [0.1, 0.15) is 31.7 Å². The van der Waals surface area contributed by atoms with E-state index in [-0.39, 0.29) is 11.9 Å². The van der Waals surface area contributed by atoms with Crippen LogP contribution in [0.2, 0.25) is 0 Å². The average Bonchev–Trinajstić information content (AvgIpc) is 2.56. The molecule has 0 heterocycles. The number of allylic oxidation sites excluding steroid dienone is 2. The molecule has 2 rings (SSSR count). The molecular formula is C17H18N2O3. The number of nitriles is 1. The van der Waals surface area contributed by atoms with Gasteiger partial charge in [0, 0.05) is 0 Å². The Hall–Kier alpha value is -2.61. The Morgan fingerprint density at radius 1 is 1.36 bits per heavy atom. The van der Waals surface area contributed by atoms with Crippen molar-refractivity contribution in [2.75, 3.05) is 5.32 Å². The van der Waals surface area contributed by atoms with E-state index in [1.165, 1.54) is 6.92 Å². The molecule has 0 saturated carbocycles. The number of para-hydroxylation sites is 1. The average molecular weight is 298 g/mol. The van der Waals surface area contributed by atoms with Gasteiger partial charge in [0.05, 0.1) is 17.2 Å². The molecule has 0 radical (unpaired) electrons. The van der Waals surface area contributed by atoms with E-state index in [1.807, 2.05) is 18.2 Å². The van der Waals surface area contributed by atoms with Gasteiger partial charge in [-0.1, -0.05) is 24.3 Å². The molecule has 1 aliphatic rings. The van der Waals surface area contributed by atoms with Crippen LogP contribution in [-0.4, -0.2) is 18.0 Å². The summed E-state index contributed by atoms with van der Waals surface area (Å²) in [6, 6.07) is 8.69. The van der Waals surface area contributed by atoms with Crippen molar-refractivity contribution in [1.82, 2.24) is 0 Å². The van der Waals surface area contributed by atoms with E-state index >= 15 is 0 Å². The molecule has 0 spiro atoms. The second-order valence-electron chi connectivity index (χ2n) is 5.21. The molecular weight excluding hydrogens is 280 g/mol. The minimum Gasteiger partial charge on any atom is -0.452 e. The second kappa shape index (κ2) is 7.41. The zero-order chi connectivity index (χ0) is 15.9. The quantitative estimate of drug-likeness (QED) is 0.684. The van der Waals surface area contributed by atoms with E-state index in [4.69, 9.17) is 10.00 Å². The molecule has 22 heavy (non-hydrogen) atoms. The summed E-state index contributed by atoms with van der Waals surface area (Å²) in [6.45, 7) is 1.53. The number of amides is 1. The van der Waals surface area contributed by atoms with Crippen LogP contribution in [0.15, 0.2) is 36.4 Å². The minimum absolute atomic E-state index is 0.174. The zero-order valence-corrected chi connectivity index (χ0v) is 12.4. The van der Waals surface area contributed by atoms with Crippen LogP contribution in [0.5, 0.6) is 0 Å². The Morgan fingerprint density at radius 3 is 2.82 bits per heavy atom. The van der Waals surface area contributed by atoms with Crippen molar-refractivity contribution in [1.29, 1.82) is 5.26 Å². The summed E-state index contributed by atoms with van der Waals surface area (Å²) in [5, 5.41) is 11.6. The van der Waals surface area contributed by atoms with Gasteiger partial charge in [-0.15, -0.1) is 0 Å². The lowest BCUT2D eigenvalue weighted by Gasteiger charge is -2.19. The molecule has 1 aliphatic carbocycles. The van der Waals surface area contributed by atoms with E-state index in [0.717, 1.165) is 12.8 Å². The van der Waals surface area contributed by atoms with Gasteiger partial charge in [-0.2, -0.15) is 5.26 Å². The van der Waals surface area contributed by atoms with Crippen LogP contribution in [-0.2, 0) is 14.3 Å². The molecule has 5 heteroatoms. The van der Waals surface area contributed by atoms with Crippen molar-refractivity contribution in [3.8, 4) is 6.07 Å². The standard InChI is InChI=1S/C17H18N2O3/c1-12(22-17(21)13-7-3-2-4-8-13)16(20)19-15-10-6-5-9-14(15)11-18/h2-3,5-6,9-10,12-13H,4,7-8H2,1H3,(H,19,20)/t12-,13-/m0/s1. The Labute approximate surface area is 129 Å². The number of ether oxygens (including phenoxy) is 1. The first kappa shape index (κ1) is 15.8. The lowest BCUT2D eigenvalue weighted by Crippen LogP contribution is -2.32. The maximum Gasteiger partial charge on any atom is 0.310 e. The van der Waals surface area contributed by atoms with Crippen LogP contribution in [0.25, 0.3) is 0 Å². The van der Waals surface area contributed by atoms with Gasteiger partial charge in [0.1, 0.15) is 6.07 Å². The van der Waals surface area contributed by atoms with Crippen molar-refractivity contribution < 1.29 is 14.3 Å². The van der Waals surface area contributed by atoms with Crippen LogP contribution in [0.4, 0.5) is 5.69 Å². The Morgan fingerprint density at radius 2 is 2.14 bits per heavy atom. The fourth-order valence-corrected chi connectivity index (χ4v) is 2.26. The molecule has 0 saturated heterocycles. The van der Waals surface area contributed by atoms with Gasteiger partial charge in [-0.05, 0) is 38.3 Å². The summed E-state index contributed by atoms with van der Waals surface area (Å²) in [7, 11) is 0. The molecule has 0 aliphatic heterocycles. The third-order valence-corrected chi connectivity index (χ3v) is 3.57. The molecule has 1 N–H and O–H groups in total. The van der Waals surface area contributed by atoms with Crippen molar-refractivity contribution in [2.45, 2.75) is 32.3 Å². The Kier molecular flexibility index (Phi) is 5.31. The number of hydrogen-bond donors (Lipinski definition) is 1. The highest BCUT2D eigenvalue weighted by atomic mass is 16.5. The number of hydrogen-bond acceptors (Lipinski definition) is 4. The van der Waals surface area contributed by atoms with Crippen LogP contribution in [0, 0.1) is 17.2 Å². The van der Waals surface area contributed by atoms with E-state index in [9.17, 15) is 9.59 Å². The predicted molar refractivity (Wildman–Crippen MR) is 81.8 cm³/mol. The molecule has 114 valence electrons. The molecule has 1 aromatic rings. The highest BCUT2D eigenvalue weighted by Crippen LogP contribution is 2.20. The number of nitrogens with one attached hydrogen (secondary N) is 1. The van der Waals surface area contributed by atoms with Crippen molar-refractivity contribution in [3.05, 3.63) is 42.0 Å². The summed E-state index contributed by atoms with van der Waals surface area (Å²) >= 11 is 0. The van der Waals surface area contributed by atoms with Crippen molar-refractivity contribution in [3.63, 3.8) is 0 Å². The third-order valence-electron chi connectivity index (χ3n) is 3.57. The first-order valence-electron chi connectivity index (χ1n) is 7.27. The molecule has 0 unspecified atom stereocenters. The third kappa shape index (κ3) is 3.95. The van der Waals surface area contributed by atoms with Gasteiger partial charge in [0.15, 0.2) is 6.10 Å². The zero-order valence-electron chi connectivity index (χ0n) is 12.4. The van der Waals surface area contributed by atoms with Crippen LogP contribution >= 0.6 is 0 Å². The van der Waals surface area contributed by atoms with Crippen LogP contribution in [0.3, 0.4) is 0 Å². The number of carbonyl (C=O) groups excluding carboxylic acids is 2. The van der Waals surface area contributed by atoms with Crippen molar-refractivity contribution >= 4 is 17.6 Å². The van der Waals surface area contributed by atoms with Gasteiger partial charge in [0.25, 0.3) is 5.91 Å². The number of rotatable bonds is 4. The first-order valence-corrected chi connectivity index (χ1v) is 7.27. The number of anilines is 1. The predicted octanol–water partition coefficient (Wildman–Crippen LogP) is 2.78. The van der Waals surface area contributed by atoms with Gasteiger partial charge in [-0.3, -0.25) is 9.59 Å². The molecule has 0 fully saturated rings. The second-order valence-corrected chi connectivity index (χ2v) is 5.21. The molecule has 1 amide bonds. The van der Waals surface area contributed by atoms with E-state index < -0.39 is 12.0 Å². The summed E-state index contributed by atoms with van der Waals surface area (Å²) in [5.74, 6) is -0.963. The monoisotopic (exact) mass is 298 g/mol. The first-order chi connectivity index (χ1) is 10.6. The minimum atomic E-state index is -0.898. The SMILES string of the molecule is C[C@H](OC(=O)[C@H]1CC=CCC1)C(=O)Nc1ccccc1C#N. The highest BCUT2D eigenvalue weighted by Gasteiger charge is 2.25. The lowest BCUT2D eigenvalue weighted by atomic mass is 9.95. The number of esters is 1. The summed E-state index contributed by atoms with van der Waals surface area (Å²) in [6.07, 6.45) is 5.37. The largest absolute Gasteiger partial charge is 0.452 e. The van der Waals surface area contributed by atoms with E-state index in [1.54, 1.807) is 24.3 Å². The number of carbonyl (C=O) groups is 2. The summed E-state index contributed by atoms with van der Waals surface area (Å²) in [5.41, 5.74) is 0.783. The normalized spacial score (nSPS) is 18.1. The molecule has 0 aromatic heterocycles.